The number of aliphatic hydroxyl groups is 1. The number of benzene rings is 1. The van der Waals surface area contributed by atoms with E-state index in [2.05, 4.69) is 43.9 Å². The molecule has 2 atom stereocenters. The largest absolute Gasteiger partial charge is 0.394 e. The third-order valence-corrected chi connectivity index (χ3v) is 5.50. The summed E-state index contributed by atoms with van der Waals surface area (Å²) in [5.41, 5.74) is 0.917. The highest BCUT2D eigenvalue weighted by molar-refractivity contribution is 6.88. The molecule has 1 N–H and O–H groups in total. The van der Waals surface area contributed by atoms with Crippen molar-refractivity contribution >= 4 is 13.3 Å². The summed E-state index contributed by atoms with van der Waals surface area (Å²) < 4.78 is 5.53. The van der Waals surface area contributed by atoms with Gasteiger partial charge in [-0.25, -0.2) is 0 Å². The van der Waals surface area contributed by atoms with Gasteiger partial charge in [0.05, 0.1) is 14.7 Å². The van der Waals surface area contributed by atoms with E-state index >= 15 is 0 Å². The molecule has 2 nitrogen and oxygen atoms in total. The fourth-order valence-corrected chi connectivity index (χ4v) is 3.19. The van der Waals surface area contributed by atoms with E-state index in [9.17, 15) is 0 Å². The molecular weight excluding hydrogens is 216 g/mol. The van der Waals surface area contributed by atoms with Crippen LogP contribution in [-0.4, -0.2) is 25.9 Å². The summed E-state index contributed by atoms with van der Waals surface area (Å²) in [6, 6.07) is 8.71. The molecule has 1 aliphatic heterocycles. The zero-order valence-electron chi connectivity index (χ0n) is 10.4. The van der Waals surface area contributed by atoms with Crippen molar-refractivity contribution in [3.63, 3.8) is 0 Å². The molecule has 0 amide bonds. The lowest BCUT2D eigenvalue weighted by molar-refractivity contribution is 0.237. The average Bonchev–Trinajstić information content (AvgIpc) is 2.90. The van der Waals surface area contributed by atoms with Gasteiger partial charge in [-0.05, 0) is 12.5 Å². The molecule has 2 rings (SSSR count). The Balaban J connectivity index is 2.21. The van der Waals surface area contributed by atoms with E-state index in [4.69, 9.17) is 9.84 Å². The van der Waals surface area contributed by atoms with Gasteiger partial charge < -0.3 is 9.84 Å². The lowest BCUT2D eigenvalue weighted by atomic mass is 9.98. The van der Waals surface area contributed by atoms with Crippen molar-refractivity contribution in [3.8, 4) is 0 Å². The lowest BCUT2D eigenvalue weighted by Gasteiger charge is -2.17. The third kappa shape index (κ3) is 1.95. The van der Waals surface area contributed by atoms with E-state index in [1.807, 2.05) is 6.92 Å². The molecule has 3 heteroatoms. The van der Waals surface area contributed by atoms with Gasteiger partial charge in [0.15, 0.2) is 0 Å². The summed E-state index contributed by atoms with van der Waals surface area (Å²) in [6.07, 6.45) is -0.0229. The Hall–Kier alpha value is -0.643. The van der Waals surface area contributed by atoms with E-state index in [-0.39, 0.29) is 18.3 Å². The summed E-state index contributed by atoms with van der Waals surface area (Å²) in [5.74, 6) is 0. The Morgan fingerprint density at radius 1 is 1.25 bits per heavy atom. The molecule has 88 valence electrons. The van der Waals surface area contributed by atoms with Crippen LogP contribution in [0.3, 0.4) is 0 Å². The van der Waals surface area contributed by atoms with Crippen LogP contribution in [0.2, 0.25) is 19.6 Å². The second kappa shape index (κ2) is 3.69. The molecule has 16 heavy (non-hydrogen) atoms. The average molecular weight is 236 g/mol. The molecule has 1 aromatic rings. The Morgan fingerprint density at radius 2 is 1.81 bits per heavy atom. The summed E-state index contributed by atoms with van der Waals surface area (Å²) >= 11 is 0. The van der Waals surface area contributed by atoms with E-state index < -0.39 is 8.07 Å². The zero-order valence-corrected chi connectivity index (χ0v) is 11.4. The van der Waals surface area contributed by atoms with E-state index in [1.165, 1.54) is 10.8 Å². The first-order chi connectivity index (χ1) is 7.38. The molecule has 1 aliphatic rings. The summed E-state index contributed by atoms with van der Waals surface area (Å²) in [7, 11) is -1.21. The first-order valence-electron chi connectivity index (χ1n) is 5.77. The number of hydrogen-bond donors (Lipinski definition) is 1. The first kappa shape index (κ1) is 11.8. The smallest absolute Gasteiger partial charge is 0.119 e. The molecule has 1 fully saturated rings. The van der Waals surface area contributed by atoms with Gasteiger partial charge in [-0.3, -0.25) is 0 Å². The molecule has 0 spiro atoms. The van der Waals surface area contributed by atoms with Crippen LogP contribution in [0.4, 0.5) is 0 Å². The molecule has 0 bridgehead atoms. The predicted molar refractivity (Wildman–Crippen MR) is 68.7 cm³/mol. The Labute approximate surface area is 98.3 Å². The van der Waals surface area contributed by atoms with Crippen LogP contribution in [0.5, 0.6) is 0 Å². The maximum absolute atomic E-state index is 9.07. The molecule has 0 saturated carbocycles. The third-order valence-electron chi connectivity index (χ3n) is 3.43. The number of rotatable bonds is 3. The Bertz CT molecular complexity index is 380. The van der Waals surface area contributed by atoms with E-state index in [1.54, 1.807) is 0 Å². The maximum atomic E-state index is 9.07. The molecule has 1 saturated heterocycles. The first-order valence-corrected chi connectivity index (χ1v) is 9.27. The number of aliphatic hydroxyl groups excluding tert-OH is 1. The molecule has 0 unspecified atom stereocenters. The molecule has 0 aromatic heterocycles. The minimum atomic E-state index is -1.21. The standard InChI is InChI=1S/C13H20O2Si/c1-13(12(9-14)15-13)10-5-7-11(8-6-10)16(2,3)4/h5-8,12,14H,9H2,1-4H3/t12-,13-/m0/s1. The zero-order chi connectivity index (χ0) is 12.0. The summed E-state index contributed by atoms with van der Waals surface area (Å²) in [4.78, 5) is 0. The highest BCUT2D eigenvalue weighted by Crippen LogP contribution is 2.45. The van der Waals surface area contributed by atoms with Crippen molar-refractivity contribution in [1.82, 2.24) is 0 Å². The Morgan fingerprint density at radius 3 is 2.19 bits per heavy atom. The monoisotopic (exact) mass is 236 g/mol. The van der Waals surface area contributed by atoms with Gasteiger partial charge in [0, 0.05) is 0 Å². The fraction of sp³-hybridized carbons (Fsp3) is 0.538. The summed E-state index contributed by atoms with van der Waals surface area (Å²) in [6.45, 7) is 9.17. The SMILES string of the molecule is C[C@@]1(c2ccc([Si](C)(C)C)cc2)O[C@H]1CO. The van der Waals surface area contributed by atoms with Gasteiger partial charge in [-0.1, -0.05) is 49.1 Å². The highest BCUT2D eigenvalue weighted by atomic mass is 28.3. The normalized spacial score (nSPS) is 29.2. The van der Waals surface area contributed by atoms with Crippen LogP contribution in [-0.2, 0) is 10.3 Å². The van der Waals surface area contributed by atoms with Gasteiger partial charge in [0.25, 0.3) is 0 Å². The molecule has 0 radical (unpaired) electrons. The number of epoxide rings is 1. The van der Waals surface area contributed by atoms with Gasteiger partial charge in [0.2, 0.25) is 0 Å². The van der Waals surface area contributed by atoms with Crippen molar-refractivity contribution in [2.24, 2.45) is 0 Å². The second-order valence-electron chi connectivity index (χ2n) is 5.72. The van der Waals surface area contributed by atoms with Crippen molar-refractivity contribution in [2.75, 3.05) is 6.61 Å². The van der Waals surface area contributed by atoms with Crippen LogP contribution in [0.15, 0.2) is 24.3 Å². The van der Waals surface area contributed by atoms with E-state index in [0.29, 0.717) is 0 Å². The highest BCUT2D eigenvalue weighted by Gasteiger charge is 2.53. The van der Waals surface area contributed by atoms with Crippen LogP contribution in [0.25, 0.3) is 0 Å². The van der Waals surface area contributed by atoms with Crippen LogP contribution < -0.4 is 5.19 Å². The van der Waals surface area contributed by atoms with E-state index in [0.717, 1.165) is 0 Å². The Kier molecular flexibility index (Phi) is 2.73. The lowest BCUT2D eigenvalue weighted by Crippen LogP contribution is -2.37. The quantitative estimate of drug-likeness (QED) is 0.641. The number of hydrogen-bond acceptors (Lipinski definition) is 2. The van der Waals surface area contributed by atoms with Gasteiger partial charge in [-0.15, -0.1) is 0 Å². The molecule has 0 aliphatic carbocycles. The molecular formula is C13H20O2Si. The maximum Gasteiger partial charge on any atom is 0.119 e. The summed E-state index contributed by atoms with van der Waals surface area (Å²) in [5, 5.41) is 10.5. The fourth-order valence-electron chi connectivity index (χ4n) is 2.03. The minimum Gasteiger partial charge on any atom is -0.394 e. The van der Waals surface area contributed by atoms with Gasteiger partial charge >= 0.3 is 0 Å². The number of ether oxygens (including phenoxy) is 1. The van der Waals surface area contributed by atoms with Gasteiger partial charge in [-0.2, -0.15) is 0 Å². The van der Waals surface area contributed by atoms with Crippen molar-refractivity contribution in [2.45, 2.75) is 38.3 Å². The van der Waals surface area contributed by atoms with Crippen LogP contribution in [0, 0.1) is 0 Å². The topological polar surface area (TPSA) is 32.8 Å². The van der Waals surface area contributed by atoms with Crippen molar-refractivity contribution in [3.05, 3.63) is 29.8 Å². The molecule has 1 heterocycles. The predicted octanol–water partition coefficient (Wildman–Crippen LogP) is 1.84. The minimum absolute atomic E-state index is 0.0229. The van der Waals surface area contributed by atoms with Crippen LogP contribution in [0.1, 0.15) is 12.5 Å². The van der Waals surface area contributed by atoms with Gasteiger partial charge in [0.1, 0.15) is 11.7 Å². The second-order valence-corrected chi connectivity index (χ2v) is 10.8. The van der Waals surface area contributed by atoms with Crippen molar-refractivity contribution in [1.29, 1.82) is 0 Å². The van der Waals surface area contributed by atoms with Crippen molar-refractivity contribution < 1.29 is 9.84 Å². The van der Waals surface area contributed by atoms with Crippen LogP contribution >= 0.6 is 0 Å². The molecule has 1 aromatic carbocycles.